The van der Waals surface area contributed by atoms with Crippen LogP contribution < -0.4 is 16.3 Å². The van der Waals surface area contributed by atoms with Gasteiger partial charge in [0.15, 0.2) is 18.2 Å². The maximum Gasteiger partial charge on any atom is 0.259 e. The third kappa shape index (κ3) is 4.61. The highest BCUT2D eigenvalue weighted by molar-refractivity contribution is 6.10. The topological polar surface area (TPSA) is 124 Å². The van der Waals surface area contributed by atoms with Crippen molar-refractivity contribution in [2.75, 3.05) is 0 Å². The Labute approximate surface area is 176 Å². The van der Waals surface area contributed by atoms with Gasteiger partial charge in [0, 0.05) is 35.5 Å². The van der Waals surface area contributed by atoms with Crippen LogP contribution in [0, 0.1) is 5.82 Å². The number of hydrogen-bond acceptors (Lipinski definition) is 6. The first-order valence-electron chi connectivity index (χ1n) is 9.34. The Morgan fingerprint density at radius 1 is 1.23 bits per heavy atom. The van der Waals surface area contributed by atoms with Gasteiger partial charge < -0.3 is 15.2 Å². The van der Waals surface area contributed by atoms with Gasteiger partial charge in [-0.15, -0.1) is 0 Å². The molecule has 0 bridgehead atoms. The van der Waals surface area contributed by atoms with E-state index in [-0.39, 0.29) is 29.4 Å². The molecule has 0 atom stereocenters. The summed E-state index contributed by atoms with van der Waals surface area (Å²) in [7, 11) is 0. The van der Waals surface area contributed by atoms with Gasteiger partial charge in [0.05, 0.1) is 23.5 Å². The van der Waals surface area contributed by atoms with Crippen molar-refractivity contribution in [1.29, 1.82) is 0 Å². The van der Waals surface area contributed by atoms with Crippen molar-refractivity contribution >= 4 is 11.4 Å². The van der Waals surface area contributed by atoms with Crippen LogP contribution >= 0.6 is 0 Å². The Morgan fingerprint density at radius 3 is 2.74 bits per heavy atom. The highest BCUT2D eigenvalue weighted by atomic mass is 19.1. The number of aliphatic imine (C=N–C) groups is 1. The number of allylic oxidation sites excluding steroid dienone is 1. The van der Waals surface area contributed by atoms with Gasteiger partial charge in [0.1, 0.15) is 17.8 Å². The largest absolute Gasteiger partial charge is 0.396 e. The molecule has 0 amide bonds. The summed E-state index contributed by atoms with van der Waals surface area (Å²) in [4.78, 5) is 26.8. The lowest BCUT2D eigenvalue weighted by Gasteiger charge is -2.05. The van der Waals surface area contributed by atoms with Crippen LogP contribution in [0.1, 0.15) is 17.1 Å². The minimum absolute atomic E-state index is 0.0760. The normalized spacial score (nSPS) is 12.2. The number of aromatic amines is 2. The van der Waals surface area contributed by atoms with Crippen LogP contribution in [0.3, 0.4) is 0 Å². The average Bonchev–Trinajstić information content (AvgIpc) is 3.33. The van der Waals surface area contributed by atoms with Gasteiger partial charge in [0.25, 0.3) is 5.56 Å². The van der Waals surface area contributed by atoms with Crippen molar-refractivity contribution in [3.8, 4) is 11.1 Å². The molecule has 154 valence electrons. The van der Waals surface area contributed by atoms with Gasteiger partial charge in [-0.3, -0.25) is 9.79 Å². The molecule has 4 N–H and O–H groups in total. The van der Waals surface area contributed by atoms with Crippen LogP contribution in [0.25, 0.3) is 16.8 Å². The number of halogens is 1. The number of nitrogens with zero attached hydrogens (tertiary/aromatic N) is 3. The van der Waals surface area contributed by atoms with Crippen molar-refractivity contribution in [2.45, 2.75) is 6.54 Å². The molecular formula is C22H18FN6O2+. The highest BCUT2D eigenvalue weighted by Gasteiger charge is 2.11. The van der Waals surface area contributed by atoms with E-state index in [1.54, 1.807) is 48.8 Å². The Balaban J connectivity index is 1.66. The SMILES string of the molecule is NC(=CC(=NCc1ccccc1F)c1ccon1)c1ncc(-c2cc[nH+]cc2)c(=O)[nH]1. The van der Waals surface area contributed by atoms with Crippen molar-refractivity contribution < 1.29 is 13.9 Å². The Morgan fingerprint density at radius 2 is 2.03 bits per heavy atom. The smallest absolute Gasteiger partial charge is 0.259 e. The zero-order chi connectivity index (χ0) is 21.6. The molecule has 4 rings (SSSR count). The van der Waals surface area contributed by atoms with Crippen LogP contribution in [0.4, 0.5) is 4.39 Å². The first-order valence-corrected chi connectivity index (χ1v) is 9.34. The fourth-order valence-electron chi connectivity index (χ4n) is 2.87. The predicted octanol–water partition coefficient (Wildman–Crippen LogP) is 2.37. The second-order valence-electron chi connectivity index (χ2n) is 6.54. The second-order valence-corrected chi connectivity index (χ2v) is 6.54. The number of benzene rings is 1. The van der Waals surface area contributed by atoms with Gasteiger partial charge >= 0.3 is 0 Å². The van der Waals surface area contributed by atoms with E-state index in [1.165, 1.54) is 24.6 Å². The molecule has 0 spiro atoms. The maximum absolute atomic E-state index is 13.9. The molecule has 0 aliphatic heterocycles. The molecule has 0 aliphatic rings. The molecule has 0 saturated carbocycles. The van der Waals surface area contributed by atoms with E-state index in [4.69, 9.17) is 10.3 Å². The number of pyridine rings is 1. The third-order valence-electron chi connectivity index (χ3n) is 4.47. The number of H-pyrrole nitrogens is 2. The van der Waals surface area contributed by atoms with E-state index < -0.39 is 0 Å². The van der Waals surface area contributed by atoms with E-state index in [9.17, 15) is 9.18 Å². The molecule has 31 heavy (non-hydrogen) atoms. The predicted molar refractivity (Wildman–Crippen MR) is 112 cm³/mol. The molecule has 0 radical (unpaired) electrons. The summed E-state index contributed by atoms with van der Waals surface area (Å²) in [5.74, 6) is -0.180. The summed E-state index contributed by atoms with van der Waals surface area (Å²) in [6.07, 6.45) is 7.79. The molecule has 9 heteroatoms. The molecule has 0 saturated heterocycles. The molecule has 0 fully saturated rings. The Hall–Kier alpha value is -4.40. The lowest BCUT2D eigenvalue weighted by atomic mass is 10.1. The van der Waals surface area contributed by atoms with Crippen molar-refractivity contribution in [3.63, 3.8) is 0 Å². The highest BCUT2D eigenvalue weighted by Crippen LogP contribution is 2.14. The van der Waals surface area contributed by atoms with E-state index in [1.807, 2.05) is 0 Å². The monoisotopic (exact) mass is 417 g/mol. The zero-order valence-corrected chi connectivity index (χ0v) is 16.2. The van der Waals surface area contributed by atoms with Gasteiger partial charge in [-0.25, -0.2) is 14.4 Å². The lowest BCUT2D eigenvalue weighted by molar-refractivity contribution is -0.377. The molecule has 3 aromatic heterocycles. The van der Waals surface area contributed by atoms with Crippen molar-refractivity contribution in [1.82, 2.24) is 15.1 Å². The number of aromatic nitrogens is 4. The van der Waals surface area contributed by atoms with E-state index in [0.717, 1.165) is 5.56 Å². The van der Waals surface area contributed by atoms with Crippen LogP contribution in [0.2, 0.25) is 0 Å². The molecule has 3 heterocycles. The molecule has 8 nitrogen and oxygen atoms in total. The summed E-state index contributed by atoms with van der Waals surface area (Å²) in [6.45, 7) is 0.0760. The van der Waals surface area contributed by atoms with Crippen LogP contribution in [-0.4, -0.2) is 20.8 Å². The van der Waals surface area contributed by atoms with Gasteiger partial charge in [-0.1, -0.05) is 23.4 Å². The fourth-order valence-corrected chi connectivity index (χ4v) is 2.87. The van der Waals surface area contributed by atoms with Crippen LogP contribution in [0.15, 0.2) is 87.7 Å². The minimum Gasteiger partial charge on any atom is -0.396 e. The van der Waals surface area contributed by atoms with Crippen LogP contribution in [-0.2, 0) is 6.54 Å². The Bertz CT molecular complexity index is 1300. The molecule has 0 unspecified atom stereocenters. The summed E-state index contributed by atoms with van der Waals surface area (Å²) in [5, 5.41) is 3.87. The first-order chi connectivity index (χ1) is 15.1. The van der Waals surface area contributed by atoms with Gasteiger partial charge in [-0.2, -0.15) is 0 Å². The van der Waals surface area contributed by atoms with Gasteiger partial charge in [0.2, 0.25) is 0 Å². The molecule has 4 aromatic rings. The number of nitrogens with two attached hydrogens (primary N) is 1. The number of hydrogen-bond donors (Lipinski definition) is 2. The first kappa shape index (κ1) is 19.9. The summed E-state index contributed by atoms with van der Waals surface area (Å²) >= 11 is 0. The number of nitrogens with one attached hydrogen (secondary N) is 2. The zero-order valence-electron chi connectivity index (χ0n) is 16.2. The van der Waals surface area contributed by atoms with Crippen molar-refractivity contribution in [2.24, 2.45) is 10.7 Å². The van der Waals surface area contributed by atoms with Gasteiger partial charge in [-0.05, 0) is 12.1 Å². The summed E-state index contributed by atoms with van der Waals surface area (Å²) < 4.78 is 18.8. The average molecular weight is 417 g/mol. The van der Waals surface area contributed by atoms with E-state index >= 15 is 0 Å². The summed E-state index contributed by atoms with van der Waals surface area (Å²) in [5.41, 5.74) is 8.33. The van der Waals surface area contributed by atoms with Crippen LogP contribution in [0.5, 0.6) is 0 Å². The Kier molecular flexibility index (Phi) is 5.75. The standard InChI is InChI=1S/C22H17FN6O2/c23-17-4-2-1-3-15(17)12-26-20(19-7-10-31-29-19)11-18(24)21-27-13-16(22(30)28-21)14-5-8-25-9-6-14/h1-11,13H,12,24H2,(H,27,28,30)/p+1. The maximum atomic E-state index is 13.9. The second kappa shape index (κ2) is 8.95. The van der Waals surface area contributed by atoms with Crippen molar-refractivity contribution in [3.05, 3.63) is 107 Å². The molecule has 1 aromatic carbocycles. The lowest BCUT2D eigenvalue weighted by Crippen LogP contribution is -2.16. The van der Waals surface area contributed by atoms with E-state index in [0.29, 0.717) is 22.5 Å². The quantitative estimate of drug-likeness (QED) is 0.466. The fraction of sp³-hybridized carbons (Fsp3) is 0.0455. The minimum atomic E-state index is -0.359. The molecule has 0 aliphatic carbocycles. The molecular weight excluding hydrogens is 399 g/mol. The third-order valence-corrected chi connectivity index (χ3v) is 4.47. The van der Waals surface area contributed by atoms with E-state index in [2.05, 4.69) is 25.1 Å². The number of rotatable bonds is 6. The summed E-state index contributed by atoms with van der Waals surface area (Å²) in [6, 6.07) is 11.5.